The van der Waals surface area contributed by atoms with Gasteiger partial charge in [0.1, 0.15) is 6.10 Å². The molecule has 6 nitrogen and oxygen atoms in total. The fourth-order valence-electron chi connectivity index (χ4n) is 5.47. The molecule has 5 rings (SSSR count). The summed E-state index contributed by atoms with van der Waals surface area (Å²) in [6.07, 6.45) is 2.81. The first kappa shape index (κ1) is 19.9. The summed E-state index contributed by atoms with van der Waals surface area (Å²) in [6.45, 7) is 0.782. The molecule has 158 valence electrons. The summed E-state index contributed by atoms with van der Waals surface area (Å²) >= 11 is 0. The van der Waals surface area contributed by atoms with Gasteiger partial charge in [0.25, 0.3) is 0 Å². The van der Waals surface area contributed by atoms with Crippen LogP contribution in [0.5, 0.6) is 0 Å². The molecule has 1 heterocycles. The molecule has 1 spiro atoms. The highest BCUT2D eigenvalue weighted by Crippen LogP contribution is 2.61. The van der Waals surface area contributed by atoms with E-state index in [1.807, 2.05) is 0 Å². The maximum atomic E-state index is 14.2. The summed E-state index contributed by atoms with van der Waals surface area (Å²) in [5, 5.41) is 0. The third-order valence-electron chi connectivity index (χ3n) is 6.52. The van der Waals surface area contributed by atoms with Crippen LogP contribution in [0.15, 0.2) is 0 Å². The van der Waals surface area contributed by atoms with Gasteiger partial charge in [0.15, 0.2) is 18.1 Å². The van der Waals surface area contributed by atoms with E-state index in [4.69, 9.17) is 14.2 Å². The van der Waals surface area contributed by atoms with Crippen LogP contribution in [0, 0.1) is 23.7 Å². The van der Waals surface area contributed by atoms with E-state index in [1.54, 1.807) is 0 Å². The molecular formula is C19H25F3O6. The average molecular weight is 406 g/mol. The number of hydrogen-bond acceptors (Lipinski definition) is 6. The molecule has 5 fully saturated rings. The average Bonchev–Trinajstić information content (AvgIpc) is 2.60. The molecule has 5 atom stereocenters. The van der Waals surface area contributed by atoms with Gasteiger partial charge in [-0.2, -0.15) is 8.78 Å². The van der Waals surface area contributed by atoms with Crippen LogP contribution < -0.4 is 0 Å². The first-order valence-corrected chi connectivity index (χ1v) is 9.71. The van der Waals surface area contributed by atoms with Crippen molar-refractivity contribution in [2.24, 2.45) is 23.7 Å². The Morgan fingerprint density at radius 1 is 1.14 bits per heavy atom. The SMILES string of the molecule is CC1(F)COC2(OC1)C1CC3CC(C1)C(OC(=O)COC(=O)C(C)(F)F)C2C3. The maximum Gasteiger partial charge on any atom is 0.377 e. The number of esters is 2. The summed E-state index contributed by atoms with van der Waals surface area (Å²) < 4.78 is 61.7. The molecule has 5 aliphatic rings. The molecule has 1 aliphatic heterocycles. The molecule has 1 saturated heterocycles. The van der Waals surface area contributed by atoms with Crippen molar-refractivity contribution >= 4 is 11.9 Å². The van der Waals surface area contributed by atoms with E-state index in [0.717, 1.165) is 25.7 Å². The van der Waals surface area contributed by atoms with Crippen LogP contribution in [-0.4, -0.2) is 55.2 Å². The van der Waals surface area contributed by atoms with Gasteiger partial charge in [-0.05, 0) is 44.4 Å². The van der Waals surface area contributed by atoms with Gasteiger partial charge in [-0.1, -0.05) is 0 Å². The van der Waals surface area contributed by atoms with E-state index >= 15 is 0 Å². The smallest absolute Gasteiger partial charge is 0.377 e. The molecule has 0 aromatic carbocycles. The summed E-state index contributed by atoms with van der Waals surface area (Å²) in [4.78, 5) is 23.3. The van der Waals surface area contributed by atoms with Crippen LogP contribution in [0.3, 0.4) is 0 Å². The van der Waals surface area contributed by atoms with Gasteiger partial charge in [0.05, 0.1) is 19.1 Å². The van der Waals surface area contributed by atoms with Crippen molar-refractivity contribution < 1.29 is 41.7 Å². The number of carbonyl (C=O) groups excluding carboxylic acids is 2. The lowest BCUT2D eigenvalue weighted by molar-refractivity contribution is -0.393. The zero-order valence-electron chi connectivity index (χ0n) is 15.9. The van der Waals surface area contributed by atoms with Crippen LogP contribution in [0.4, 0.5) is 13.2 Å². The molecule has 9 heteroatoms. The summed E-state index contributed by atoms with van der Waals surface area (Å²) in [5.74, 6) is -6.82. The van der Waals surface area contributed by atoms with Gasteiger partial charge < -0.3 is 18.9 Å². The minimum absolute atomic E-state index is 0.0841. The standard InChI is InChI=1S/C19H25F3O6/c1-17(20)8-26-19(27-9-17)12-4-10-3-11(6-12)15(13(19)5-10)28-14(23)7-25-16(24)18(2,21)22/h10-13,15H,3-9H2,1-2H3. The van der Waals surface area contributed by atoms with E-state index in [2.05, 4.69) is 4.74 Å². The van der Waals surface area contributed by atoms with Crippen molar-refractivity contribution in [2.45, 2.75) is 63.0 Å². The first-order chi connectivity index (χ1) is 13.0. The van der Waals surface area contributed by atoms with Crippen LogP contribution in [0.25, 0.3) is 0 Å². The molecule has 0 amide bonds. The molecule has 0 aromatic rings. The predicted molar refractivity (Wildman–Crippen MR) is 88.0 cm³/mol. The van der Waals surface area contributed by atoms with Gasteiger partial charge >= 0.3 is 17.9 Å². The molecule has 0 N–H and O–H groups in total. The molecule has 0 radical (unpaired) electrons. The first-order valence-electron chi connectivity index (χ1n) is 9.71. The fraction of sp³-hybridized carbons (Fsp3) is 0.895. The van der Waals surface area contributed by atoms with Gasteiger partial charge in [0, 0.05) is 12.8 Å². The minimum atomic E-state index is -3.67. The Hall–Kier alpha value is -1.35. The van der Waals surface area contributed by atoms with Crippen molar-refractivity contribution in [3.63, 3.8) is 0 Å². The van der Waals surface area contributed by atoms with Crippen molar-refractivity contribution in [1.82, 2.24) is 0 Å². The van der Waals surface area contributed by atoms with Gasteiger partial charge in [0.2, 0.25) is 0 Å². The lowest BCUT2D eigenvalue weighted by Gasteiger charge is -2.63. The molecule has 5 unspecified atom stereocenters. The highest BCUT2D eigenvalue weighted by atomic mass is 19.3. The Balaban J connectivity index is 1.44. The van der Waals surface area contributed by atoms with E-state index in [9.17, 15) is 22.8 Å². The number of alkyl halides is 3. The topological polar surface area (TPSA) is 71.1 Å². The van der Waals surface area contributed by atoms with Crippen molar-refractivity contribution in [1.29, 1.82) is 0 Å². The molecule has 4 saturated carbocycles. The van der Waals surface area contributed by atoms with Gasteiger partial charge in [-0.25, -0.2) is 14.0 Å². The van der Waals surface area contributed by atoms with E-state index in [1.165, 1.54) is 6.92 Å². The lowest BCUT2D eigenvalue weighted by atomic mass is 9.51. The van der Waals surface area contributed by atoms with Crippen LogP contribution in [0.1, 0.15) is 39.5 Å². The fourth-order valence-corrected chi connectivity index (χ4v) is 5.47. The maximum absolute atomic E-state index is 14.2. The minimum Gasteiger partial charge on any atom is -0.459 e. The molecule has 28 heavy (non-hydrogen) atoms. The van der Waals surface area contributed by atoms with E-state index in [-0.39, 0.29) is 31.0 Å². The zero-order chi connectivity index (χ0) is 20.3. The van der Waals surface area contributed by atoms with E-state index < -0.39 is 42.0 Å². The monoisotopic (exact) mass is 406 g/mol. The predicted octanol–water partition coefficient (Wildman–Crippen LogP) is 2.63. The summed E-state index contributed by atoms with van der Waals surface area (Å²) in [7, 11) is 0. The Kier molecular flexibility index (Phi) is 4.69. The Bertz CT molecular complexity index is 651. The summed E-state index contributed by atoms with van der Waals surface area (Å²) in [5.41, 5.74) is -1.56. The second-order valence-corrected chi connectivity index (χ2v) is 9.00. The molecular weight excluding hydrogens is 381 g/mol. The van der Waals surface area contributed by atoms with Gasteiger partial charge in [-0.15, -0.1) is 0 Å². The molecule has 0 aromatic heterocycles. The molecule has 4 aliphatic carbocycles. The zero-order valence-corrected chi connectivity index (χ0v) is 15.9. The van der Waals surface area contributed by atoms with E-state index in [0.29, 0.717) is 12.8 Å². The number of carbonyl (C=O) groups is 2. The second kappa shape index (κ2) is 6.58. The highest BCUT2D eigenvalue weighted by molar-refractivity contribution is 5.80. The Morgan fingerprint density at radius 2 is 1.82 bits per heavy atom. The largest absolute Gasteiger partial charge is 0.459 e. The van der Waals surface area contributed by atoms with Crippen LogP contribution in [-0.2, 0) is 28.5 Å². The number of halogens is 3. The van der Waals surface area contributed by atoms with Crippen molar-refractivity contribution in [3.8, 4) is 0 Å². The number of hydrogen-bond donors (Lipinski definition) is 0. The molecule has 4 bridgehead atoms. The quantitative estimate of drug-likeness (QED) is 0.669. The normalized spacial score (nSPS) is 44.5. The third kappa shape index (κ3) is 3.40. The summed E-state index contributed by atoms with van der Waals surface area (Å²) in [6, 6.07) is 0. The Morgan fingerprint density at radius 3 is 2.46 bits per heavy atom. The van der Waals surface area contributed by atoms with Crippen LogP contribution in [0.2, 0.25) is 0 Å². The van der Waals surface area contributed by atoms with Crippen molar-refractivity contribution in [2.75, 3.05) is 19.8 Å². The van der Waals surface area contributed by atoms with Gasteiger partial charge in [-0.3, -0.25) is 0 Å². The van der Waals surface area contributed by atoms with Crippen LogP contribution >= 0.6 is 0 Å². The highest BCUT2D eigenvalue weighted by Gasteiger charge is 2.66. The van der Waals surface area contributed by atoms with Crippen molar-refractivity contribution in [3.05, 3.63) is 0 Å². The third-order valence-corrected chi connectivity index (χ3v) is 6.52. The lowest BCUT2D eigenvalue weighted by Crippen LogP contribution is -2.69. The second-order valence-electron chi connectivity index (χ2n) is 9.00. The number of ether oxygens (including phenoxy) is 4. The number of rotatable bonds is 4. The Labute approximate surface area is 161 Å².